The topological polar surface area (TPSA) is 66.3 Å². The number of benzene rings is 1. The Hall–Kier alpha value is -2.76. The van der Waals surface area contributed by atoms with Gasteiger partial charge in [0.1, 0.15) is 18.4 Å². The second kappa shape index (κ2) is 4.85. The first-order chi connectivity index (χ1) is 9.33. The molecule has 1 aromatic heterocycles. The van der Waals surface area contributed by atoms with Gasteiger partial charge in [-0.15, -0.1) is 0 Å². The number of nitrogens with one attached hydrogen (secondary N) is 1. The second-order valence-electron chi connectivity index (χ2n) is 4.03. The third-order valence-electron chi connectivity index (χ3n) is 2.60. The van der Waals surface area contributed by atoms with Crippen molar-refractivity contribution in [3.63, 3.8) is 0 Å². The van der Waals surface area contributed by atoms with Gasteiger partial charge < -0.3 is 0 Å². The van der Waals surface area contributed by atoms with E-state index in [9.17, 15) is 0 Å². The highest BCUT2D eigenvalue weighted by Crippen LogP contribution is 2.15. The quantitative estimate of drug-likeness (QED) is 0.866. The van der Waals surface area contributed by atoms with Gasteiger partial charge in [0.25, 0.3) is 0 Å². The zero-order valence-electron chi connectivity index (χ0n) is 10.4. The molecule has 94 valence electrons. The number of hydrogen-bond donors (Lipinski definition) is 1. The Morgan fingerprint density at radius 2 is 1.79 bits per heavy atom. The molecule has 19 heavy (non-hydrogen) atoms. The summed E-state index contributed by atoms with van der Waals surface area (Å²) >= 11 is 0. The van der Waals surface area contributed by atoms with E-state index in [4.69, 9.17) is 0 Å². The summed E-state index contributed by atoms with van der Waals surface area (Å²) in [7, 11) is 1.90. The maximum Gasteiger partial charge on any atom is 0.182 e. The number of amidine groups is 1. The molecule has 0 bridgehead atoms. The summed E-state index contributed by atoms with van der Waals surface area (Å²) in [6, 6.07) is 9.91. The Morgan fingerprint density at radius 1 is 1.05 bits per heavy atom. The Bertz CT molecular complexity index is 620. The molecular weight excluding hydrogens is 240 g/mol. The zero-order valence-corrected chi connectivity index (χ0v) is 10.4. The van der Waals surface area contributed by atoms with Crippen molar-refractivity contribution in [1.82, 2.24) is 25.4 Å². The second-order valence-corrected chi connectivity index (χ2v) is 4.03. The molecule has 6 heteroatoms. The van der Waals surface area contributed by atoms with Crippen LogP contribution in [0.3, 0.4) is 0 Å². The van der Waals surface area contributed by atoms with Crippen LogP contribution in [-0.2, 0) is 0 Å². The molecule has 0 fully saturated rings. The SMILES string of the molecule is CN1C=C(c2ncncn2)N=C(c2ccccc2)N1. The van der Waals surface area contributed by atoms with Crippen LogP contribution in [0, 0.1) is 0 Å². The van der Waals surface area contributed by atoms with E-state index in [0.717, 1.165) is 11.4 Å². The Labute approximate surface area is 110 Å². The van der Waals surface area contributed by atoms with Gasteiger partial charge in [-0.05, 0) is 0 Å². The number of hydrogen-bond acceptors (Lipinski definition) is 6. The Balaban J connectivity index is 2.00. The minimum Gasteiger partial charge on any atom is -0.295 e. The first-order valence-electron chi connectivity index (χ1n) is 5.81. The van der Waals surface area contributed by atoms with E-state index < -0.39 is 0 Å². The number of nitrogens with zero attached hydrogens (tertiary/aromatic N) is 5. The number of rotatable bonds is 2. The van der Waals surface area contributed by atoms with Crippen LogP contribution >= 0.6 is 0 Å². The van der Waals surface area contributed by atoms with Crippen LogP contribution in [0.25, 0.3) is 5.70 Å². The van der Waals surface area contributed by atoms with Gasteiger partial charge >= 0.3 is 0 Å². The molecule has 0 radical (unpaired) electrons. The average Bonchev–Trinajstić information content (AvgIpc) is 2.48. The molecule has 0 aliphatic carbocycles. The van der Waals surface area contributed by atoms with E-state index in [0.29, 0.717) is 11.5 Å². The fourth-order valence-corrected chi connectivity index (χ4v) is 1.76. The van der Waals surface area contributed by atoms with Crippen molar-refractivity contribution in [1.29, 1.82) is 0 Å². The molecule has 1 N–H and O–H groups in total. The van der Waals surface area contributed by atoms with E-state index in [2.05, 4.69) is 25.4 Å². The van der Waals surface area contributed by atoms with Crippen LogP contribution in [0.2, 0.25) is 0 Å². The summed E-state index contributed by atoms with van der Waals surface area (Å²) in [5.74, 6) is 1.32. The largest absolute Gasteiger partial charge is 0.295 e. The number of aliphatic imine (C=N–C) groups is 1. The molecule has 1 aliphatic rings. The maximum atomic E-state index is 4.54. The third kappa shape index (κ3) is 2.42. The molecule has 0 atom stereocenters. The smallest absolute Gasteiger partial charge is 0.182 e. The summed E-state index contributed by atoms with van der Waals surface area (Å²) < 4.78 is 0. The molecule has 2 aromatic rings. The molecule has 0 unspecified atom stereocenters. The van der Waals surface area contributed by atoms with Gasteiger partial charge in [0.15, 0.2) is 11.7 Å². The van der Waals surface area contributed by atoms with Crippen LogP contribution in [0.1, 0.15) is 11.4 Å². The van der Waals surface area contributed by atoms with Gasteiger partial charge in [-0.25, -0.2) is 19.9 Å². The highest BCUT2D eigenvalue weighted by Gasteiger charge is 2.14. The highest BCUT2D eigenvalue weighted by molar-refractivity contribution is 6.02. The lowest BCUT2D eigenvalue weighted by molar-refractivity contribution is 0.404. The maximum absolute atomic E-state index is 4.54. The molecule has 3 rings (SSSR count). The first kappa shape index (κ1) is 11.3. The van der Waals surface area contributed by atoms with Gasteiger partial charge in [-0.1, -0.05) is 30.3 Å². The predicted molar refractivity (Wildman–Crippen MR) is 71.7 cm³/mol. The standard InChI is InChI=1S/C13H12N6/c1-19-7-11(13-15-8-14-9-16-13)17-12(18-19)10-5-3-2-4-6-10/h2-9H,1H3,(H,17,18). The summed E-state index contributed by atoms with van der Waals surface area (Å²) in [4.78, 5) is 16.6. The van der Waals surface area contributed by atoms with Crippen molar-refractivity contribution in [2.45, 2.75) is 0 Å². The van der Waals surface area contributed by atoms with Gasteiger partial charge in [0.2, 0.25) is 0 Å². The molecule has 0 saturated carbocycles. The fourth-order valence-electron chi connectivity index (χ4n) is 1.76. The van der Waals surface area contributed by atoms with Crippen LogP contribution in [0.5, 0.6) is 0 Å². The summed E-state index contributed by atoms with van der Waals surface area (Å²) in [5.41, 5.74) is 4.87. The van der Waals surface area contributed by atoms with Crippen LogP contribution in [-0.4, -0.2) is 32.8 Å². The van der Waals surface area contributed by atoms with Gasteiger partial charge in [-0.2, -0.15) is 0 Å². The highest BCUT2D eigenvalue weighted by atomic mass is 15.5. The van der Waals surface area contributed by atoms with Gasteiger partial charge in [0, 0.05) is 12.6 Å². The van der Waals surface area contributed by atoms with Crippen molar-refractivity contribution in [3.8, 4) is 0 Å². The zero-order chi connectivity index (χ0) is 13.1. The van der Waals surface area contributed by atoms with Crippen molar-refractivity contribution in [2.24, 2.45) is 4.99 Å². The molecule has 0 spiro atoms. The molecule has 0 saturated heterocycles. The lowest BCUT2D eigenvalue weighted by Crippen LogP contribution is -2.38. The van der Waals surface area contributed by atoms with Crippen LogP contribution < -0.4 is 5.43 Å². The van der Waals surface area contributed by atoms with Crippen molar-refractivity contribution >= 4 is 11.5 Å². The summed E-state index contributed by atoms with van der Waals surface area (Å²) in [6.07, 6.45) is 4.76. The molecule has 1 aromatic carbocycles. The fraction of sp³-hybridized carbons (Fsp3) is 0.0769. The number of aromatic nitrogens is 3. The van der Waals surface area contributed by atoms with Crippen molar-refractivity contribution in [2.75, 3.05) is 7.05 Å². The summed E-state index contributed by atoms with van der Waals surface area (Å²) in [6.45, 7) is 0. The van der Waals surface area contributed by atoms with Crippen molar-refractivity contribution < 1.29 is 0 Å². The lowest BCUT2D eigenvalue weighted by Gasteiger charge is -2.23. The minimum absolute atomic E-state index is 0.553. The Kier molecular flexibility index (Phi) is 2.89. The van der Waals surface area contributed by atoms with E-state index in [1.54, 1.807) is 0 Å². The molecule has 2 heterocycles. The minimum atomic E-state index is 0.553. The average molecular weight is 252 g/mol. The van der Waals surface area contributed by atoms with E-state index in [1.807, 2.05) is 48.6 Å². The third-order valence-corrected chi connectivity index (χ3v) is 2.60. The van der Waals surface area contributed by atoms with Crippen LogP contribution in [0.4, 0.5) is 0 Å². The monoisotopic (exact) mass is 252 g/mol. The van der Waals surface area contributed by atoms with Crippen molar-refractivity contribution in [3.05, 3.63) is 60.6 Å². The summed E-state index contributed by atoms with van der Waals surface area (Å²) in [5, 5.41) is 1.83. The Morgan fingerprint density at radius 3 is 2.53 bits per heavy atom. The molecule has 6 nitrogen and oxygen atoms in total. The first-order valence-corrected chi connectivity index (χ1v) is 5.81. The van der Waals surface area contributed by atoms with Gasteiger partial charge in [-0.3, -0.25) is 10.4 Å². The van der Waals surface area contributed by atoms with Crippen LogP contribution in [0.15, 0.2) is 54.2 Å². The van der Waals surface area contributed by atoms with E-state index >= 15 is 0 Å². The molecule has 1 aliphatic heterocycles. The number of hydrazine groups is 1. The molecular formula is C13H12N6. The van der Waals surface area contributed by atoms with E-state index in [1.165, 1.54) is 12.7 Å². The van der Waals surface area contributed by atoms with Gasteiger partial charge in [0.05, 0.1) is 6.20 Å². The van der Waals surface area contributed by atoms with E-state index in [-0.39, 0.29) is 0 Å². The lowest BCUT2D eigenvalue weighted by atomic mass is 10.2. The molecule has 0 amide bonds. The predicted octanol–water partition coefficient (Wildman–Crippen LogP) is 1.07. The normalized spacial score (nSPS) is 14.5.